The van der Waals surface area contributed by atoms with Gasteiger partial charge in [0.15, 0.2) is 5.82 Å². The molecule has 0 unspecified atom stereocenters. The lowest BCUT2D eigenvalue weighted by atomic mass is 9.93. The van der Waals surface area contributed by atoms with E-state index in [4.69, 9.17) is 9.51 Å². The number of aromatic amines is 1. The van der Waals surface area contributed by atoms with Gasteiger partial charge in [-0.3, -0.25) is 0 Å². The van der Waals surface area contributed by atoms with Gasteiger partial charge in [-0.1, -0.05) is 38.1 Å². The molecule has 4 aromatic rings. The zero-order chi connectivity index (χ0) is 23.5. The Kier molecular flexibility index (Phi) is 6.16. The summed E-state index contributed by atoms with van der Waals surface area (Å²) in [5.74, 6) is 2.29. The van der Waals surface area contributed by atoms with E-state index in [0.29, 0.717) is 5.82 Å². The first-order valence-corrected chi connectivity index (χ1v) is 12.2. The Bertz CT molecular complexity index is 1310. The third-order valence-electron chi connectivity index (χ3n) is 5.55. The van der Waals surface area contributed by atoms with Gasteiger partial charge in [0, 0.05) is 48.7 Å². The highest BCUT2D eigenvalue weighted by molar-refractivity contribution is 7.16. The second-order valence-electron chi connectivity index (χ2n) is 9.18. The van der Waals surface area contributed by atoms with Crippen molar-refractivity contribution in [3.63, 3.8) is 0 Å². The highest BCUT2D eigenvalue weighted by Crippen LogP contribution is 2.27. The molecule has 4 heterocycles. The second kappa shape index (κ2) is 9.40. The lowest BCUT2D eigenvalue weighted by molar-refractivity contribution is 0.331. The molecule has 1 aromatic carbocycles. The van der Waals surface area contributed by atoms with Gasteiger partial charge in [-0.2, -0.15) is 0 Å². The average Bonchev–Trinajstić information content (AvgIpc) is 3.30. The second-order valence-corrected chi connectivity index (χ2v) is 10.0. The smallest absolute Gasteiger partial charge is 0.226 e. The van der Waals surface area contributed by atoms with E-state index in [-0.39, 0.29) is 5.41 Å². The molecule has 0 saturated carbocycles. The fourth-order valence-corrected chi connectivity index (χ4v) is 4.38. The van der Waals surface area contributed by atoms with Crippen molar-refractivity contribution in [2.24, 2.45) is 0 Å². The van der Waals surface area contributed by atoms with Crippen LogP contribution in [0.1, 0.15) is 26.5 Å². The van der Waals surface area contributed by atoms with Crippen molar-refractivity contribution in [2.75, 3.05) is 36.4 Å². The molecule has 1 saturated heterocycles. The van der Waals surface area contributed by atoms with Gasteiger partial charge in [0.2, 0.25) is 5.95 Å². The number of nitrogens with zero attached hydrogens (tertiary/aromatic N) is 5. The number of hydrogen-bond acceptors (Lipinski definition) is 9. The summed E-state index contributed by atoms with van der Waals surface area (Å²) in [5.41, 5.74) is 3.60. The Morgan fingerprint density at radius 3 is 2.62 bits per heavy atom. The van der Waals surface area contributed by atoms with Gasteiger partial charge in [0.05, 0.1) is 18.2 Å². The van der Waals surface area contributed by atoms with Crippen LogP contribution in [0.3, 0.4) is 0 Å². The predicted octanol–water partition coefficient (Wildman–Crippen LogP) is 4.64. The maximum atomic E-state index is 5.46. The largest absolute Gasteiger partial charge is 0.359 e. The Morgan fingerprint density at radius 2 is 1.88 bits per heavy atom. The summed E-state index contributed by atoms with van der Waals surface area (Å²) < 4.78 is 5.46. The van der Waals surface area contributed by atoms with Crippen LogP contribution in [0.15, 0.2) is 52.8 Å². The third-order valence-corrected chi connectivity index (χ3v) is 6.43. The molecule has 176 valence electrons. The summed E-state index contributed by atoms with van der Waals surface area (Å²) in [6.07, 6.45) is 3.48. The molecule has 1 aliphatic heterocycles. The molecule has 34 heavy (non-hydrogen) atoms. The number of nitrogens with one attached hydrogen (secondary N) is 3. The topological polar surface area (TPSA) is 108 Å². The van der Waals surface area contributed by atoms with Crippen LogP contribution in [0.25, 0.3) is 21.6 Å². The van der Waals surface area contributed by atoms with E-state index in [0.717, 1.165) is 65.2 Å². The number of aromatic nitrogens is 5. The minimum absolute atomic E-state index is 0.0817. The van der Waals surface area contributed by atoms with E-state index in [2.05, 4.69) is 73.9 Å². The van der Waals surface area contributed by atoms with Crippen molar-refractivity contribution in [1.82, 2.24) is 30.4 Å². The molecule has 0 radical (unpaired) electrons. The maximum absolute atomic E-state index is 5.46. The van der Waals surface area contributed by atoms with E-state index in [1.807, 2.05) is 18.2 Å². The average molecular weight is 477 g/mol. The van der Waals surface area contributed by atoms with Crippen LogP contribution in [0, 0.1) is 0 Å². The van der Waals surface area contributed by atoms with Crippen LogP contribution in [-0.4, -0.2) is 51.3 Å². The van der Waals surface area contributed by atoms with Crippen LogP contribution in [0.5, 0.6) is 0 Å². The first kappa shape index (κ1) is 22.3. The highest BCUT2D eigenvalue weighted by Gasteiger charge is 2.19. The summed E-state index contributed by atoms with van der Waals surface area (Å²) in [6, 6.07) is 10.1. The lowest BCUT2D eigenvalue weighted by Crippen LogP contribution is -2.44. The number of fused-ring (bicyclic) bond motifs is 1. The van der Waals surface area contributed by atoms with Crippen LogP contribution in [0.4, 0.5) is 17.5 Å². The maximum Gasteiger partial charge on any atom is 0.226 e. The molecule has 3 N–H and O–H groups in total. The molecular formula is C24H28N8OS. The predicted molar refractivity (Wildman–Crippen MR) is 136 cm³/mol. The van der Waals surface area contributed by atoms with Gasteiger partial charge in [0.1, 0.15) is 16.1 Å². The molecule has 1 fully saturated rings. The minimum atomic E-state index is -0.0817. The zero-order valence-corrected chi connectivity index (χ0v) is 20.3. The van der Waals surface area contributed by atoms with E-state index >= 15 is 0 Å². The molecule has 9 nitrogen and oxygen atoms in total. The molecule has 1 aliphatic rings. The van der Waals surface area contributed by atoms with Crippen molar-refractivity contribution in [3.05, 3.63) is 54.0 Å². The van der Waals surface area contributed by atoms with Gasteiger partial charge >= 0.3 is 0 Å². The Labute approximate surface area is 202 Å². The highest BCUT2D eigenvalue weighted by atomic mass is 32.1. The van der Waals surface area contributed by atoms with Crippen LogP contribution in [0.2, 0.25) is 0 Å². The van der Waals surface area contributed by atoms with E-state index in [1.54, 1.807) is 23.9 Å². The molecule has 0 amide bonds. The van der Waals surface area contributed by atoms with Gasteiger partial charge < -0.3 is 25.0 Å². The fraction of sp³-hybridized carbons (Fsp3) is 0.333. The van der Waals surface area contributed by atoms with Gasteiger partial charge in [-0.15, -0.1) is 11.3 Å². The number of rotatable bonds is 4. The quantitative estimate of drug-likeness (QED) is 0.391. The summed E-state index contributed by atoms with van der Waals surface area (Å²) >= 11 is 1.55. The normalized spacial score (nSPS) is 14.3. The standard InChI is InChI=1S/C24H28N8OS/c1-24(2,3)20-12-21(31-33-20)29-17-6-4-16(5-7-17)19-14-34-22-18(27-15-28-19)13-26-23(30-22)32-10-8-25-9-11-32/h4-7,12-15,25H,8-11H2,1-3H3,(H,27,28)(H,29,31). The Hall–Kier alpha value is -3.50. The summed E-state index contributed by atoms with van der Waals surface area (Å²) in [7, 11) is 0. The van der Waals surface area contributed by atoms with Crippen LogP contribution >= 0.6 is 11.3 Å². The molecule has 0 aliphatic carbocycles. The van der Waals surface area contributed by atoms with Gasteiger partial charge in [-0.25, -0.2) is 15.0 Å². The van der Waals surface area contributed by atoms with E-state index in [1.165, 1.54) is 0 Å². The number of hydrogen-bond donors (Lipinski definition) is 3. The summed E-state index contributed by atoms with van der Waals surface area (Å²) in [6.45, 7) is 9.99. The fourth-order valence-electron chi connectivity index (χ4n) is 3.58. The van der Waals surface area contributed by atoms with Crippen molar-refractivity contribution < 1.29 is 4.52 Å². The molecule has 3 aromatic heterocycles. The van der Waals surface area contributed by atoms with Gasteiger partial charge in [0.25, 0.3) is 0 Å². The molecule has 0 atom stereocenters. The van der Waals surface area contributed by atoms with Crippen molar-refractivity contribution >= 4 is 39.1 Å². The first-order chi connectivity index (χ1) is 16.5. The zero-order valence-electron chi connectivity index (χ0n) is 19.5. The summed E-state index contributed by atoms with van der Waals surface area (Å²) in [4.78, 5) is 20.1. The number of piperazine rings is 1. The molecule has 10 heteroatoms. The van der Waals surface area contributed by atoms with Crippen molar-refractivity contribution in [1.29, 1.82) is 0 Å². The number of anilines is 3. The molecule has 0 bridgehead atoms. The number of H-pyrrole nitrogens is 1. The molecule has 0 spiro atoms. The third kappa shape index (κ3) is 5.02. The minimum Gasteiger partial charge on any atom is -0.359 e. The Balaban J connectivity index is 1.37. The lowest BCUT2D eigenvalue weighted by Gasteiger charge is -2.27. The van der Waals surface area contributed by atoms with Crippen LogP contribution in [-0.2, 0) is 5.41 Å². The Morgan fingerprint density at radius 1 is 1.09 bits per heavy atom. The SMILES string of the molecule is CC(C)(C)c1cc(Nc2ccc(-c3csc4nc(N5CCNCC5)ncc4nc[nH]3)cc2)no1. The summed E-state index contributed by atoms with van der Waals surface area (Å²) in [5, 5.41) is 12.8. The van der Waals surface area contributed by atoms with Crippen molar-refractivity contribution in [2.45, 2.75) is 26.2 Å². The first-order valence-electron chi connectivity index (χ1n) is 11.3. The van der Waals surface area contributed by atoms with Crippen molar-refractivity contribution in [3.8, 4) is 11.3 Å². The van der Waals surface area contributed by atoms with Gasteiger partial charge in [-0.05, 0) is 17.7 Å². The van der Waals surface area contributed by atoms with Crippen LogP contribution < -0.4 is 15.5 Å². The van der Waals surface area contributed by atoms with E-state index < -0.39 is 0 Å². The number of benzene rings is 1. The molecule has 5 rings (SSSR count). The molecular weight excluding hydrogens is 448 g/mol. The monoisotopic (exact) mass is 476 g/mol. The van der Waals surface area contributed by atoms with E-state index in [9.17, 15) is 0 Å².